The number of aliphatic hydroxyl groups is 1. The van der Waals surface area contributed by atoms with Crippen LogP contribution in [-0.4, -0.2) is 50.3 Å². The van der Waals surface area contributed by atoms with Crippen LogP contribution in [-0.2, 0) is 11.3 Å². The molecule has 3 aromatic rings. The third-order valence-electron chi connectivity index (χ3n) is 6.47. The first-order valence-electron chi connectivity index (χ1n) is 11.3. The van der Waals surface area contributed by atoms with Gasteiger partial charge in [-0.15, -0.1) is 0 Å². The van der Waals surface area contributed by atoms with Crippen molar-refractivity contribution in [2.75, 3.05) is 19.6 Å². The Kier molecular flexibility index (Phi) is 5.75. The molecule has 1 saturated heterocycles. The van der Waals surface area contributed by atoms with Gasteiger partial charge in [0.2, 0.25) is 5.91 Å². The van der Waals surface area contributed by atoms with E-state index in [0.29, 0.717) is 48.8 Å². The van der Waals surface area contributed by atoms with Gasteiger partial charge in [-0.05, 0) is 43.0 Å². The Bertz CT molecular complexity index is 1190. The van der Waals surface area contributed by atoms with Crippen molar-refractivity contribution in [3.63, 3.8) is 0 Å². The monoisotopic (exact) mass is 445 g/mol. The van der Waals surface area contributed by atoms with Crippen molar-refractivity contribution < 1.29 is 14.4 Å². The lowest BCUT2D eigenvalue weighted by molar-refractivity contribution is -0.130. The van der Waals surface area contributed by atoms with Gasteiger partial charge in [0.05, 0.1) is 6.54 Å². The number of hydrogen-bond donors (Lipinski definition) is 2. The number of carbonyl (C=O) groups is 1. The largest absolute Gasteiger partial charge is 0.385 e. The van der Waals surface area contributed by atoms with Crippen LogP contribution in [0.2, 0.25) is 0 Å². The van der Waals surface area contributed by atoms with Crippen LogP contribution in [0.4, 0.5) is 0 Å². The Balaban J connectivity index is 1.18. The van der Waals surface area contributed by atoms with Gasteiger partial charge in [0.25, 0.3) is 0 Å². The van der Waals surface area contributed by atoms with E-state index in [9.17, 15) is 9.90 Å². The Morgan fingerprint density at radius 1 is 1.30 bits per heavy atom. The van der Waals surface area contributed by atoms with E-state index in [4.69, 9.17) is 10.3 Å². The number of nitrogens with two attached hydrogens (primary N) is 1. The summed E-state index contributed by atoms with van der Waals surface area (Å²) < 4.78 is 7.38. The summed E-state index contributed by atoms with van der Waals surface area (Å²) in [6.07, 6.45) is 3.26. The third-order valence-corrected chi connectivity index (χ3v) is 6.47. The fourth-order valence-corrected chi connectivity index (χ4v) is 4.63. The molecule has 1 amide bonds. The summed E-state index contributed by atoms with van der Waals surface area (Å²) in [6.45, 7) is 4.20. The number of aliphatic hydroxyl groups excluding tert-OH is 1. The quantitative estimate of drug-likeness (QED) is 0.562. The number of fused-ring (bicyclic) bond motifs is 1. The van der Waals surface area contributed by atoms with Gasteiger partial charge in [-0.25, -0.2) is 4.98 Å². The molecule has 2 unspecified atom stereocenters. The Hall–Kier alpha value is -3.41. The fourth-order valence-electron chi connectivity index (χ4n) is 4.63. The second kappa shape index (κ2) is 8.85. The van der Waals surface area contributed by atoms with E-state index in [-0.39, 0.29) is 5.91 Å². The van der Waals surface area contributed by atoms with E-state index in [1.807, 2.05) is 46.0 Å². The van der Waals surface area contributed by atoms with E-state index >= 15 is 0 Å². The molecule has 2 fully saturated rings. The lowest BCUT2D eigenvalue weighted by Gasteiger charge is -2.18. The molecule has 5 rings (SSSR count). The van der Waals surface area contributed by atoms with Gasteiger partial charge in [0, 0.05) is 61.6 Å². The summed E-state index contributed by atoms with van der Waals surface area (Å²) >= 11 is 0. The predicted molar refractivity (Wildman–Crippen MR) is 122 cm³/mol. The first-order valence-corrected chi connectivity index (χ1v) is 11.3. The Morgan fingerprint density at radius 3 is 2.76 bits per heavy atom. The molecule has 170 valence electrons. The van der Waals surface area contributed by atoms with E-state index < -0.39 is 6.10 Å². The molecule has 0 radical (unpaired) electrons. The van der Waals surface area contributed by atoms with Crippen LogP contribution in [0.15, 0.2) is 47.2 Å². The number of hydrogen-bond acceptors (Lipinski definition) is 6. The molecule has 2 aromatic heterocycles. The molecule has 0 spiro atoms. The highest BCUT2D eigenvalue weighted by Gasteiger charge is 2.55. The molecule has 1 aliphatic carbocycles. The van der Waals surface area contributed by atoms with Crippen LogP contribution in [0.3, 0.4) is 0 Å². The maximum Gasteiger partial charge on any atom is 0.223 e. The van der Waals surface area contributed by atoms with Crippen molar-refractivity contribution in [2.45, 2.75) is 26.0 Å². The van der Waals surface area contributed by atoms with Crippen molar-refractivity contribution in [3.8, 4) is 23.2 Å². The molecule has 1 aromatic carbocycles. The van der Waals surface area contributed by atoms with Crippen LogP contribution in [0, 0.1) is 29.6 Å². The van der Waals surface area contributed by atoms with E-state index in [0.717, 1.165) is 29.9 Å². The summed E-state index contributed by atoms with van der Waals surface area (Å²) in [4.78, 5) is 18.1. The lowest BCUT2D eigenvalue weighted by Crippen LogP contribution is -2.32. The van der Waals surface area contributed by atoms with Crippen molar-refractivity contribution in [3.05, 3.63) is 59.8 Å². The second-order valence-corrected chi connectivity index (χ2v) is 8.81. The smallest absolute Gasteiger partial charge is 0.223 e. The number of imidazole rings is 1. The number of rotatable bonds is 6. The van der Waals surface area contributed by atoms with Gasteiger partial charge >= 0.3 is 0 Å². The predicted octanol–water partition coefficient (Wildman–Crippen LogP) is 2.04. The minimum atomic E-state index is -0.646. The molecular formula is C25H27N5O3. The molecule has 1 saturated carbocycles. The minimum absolute atomic E-state index is 0.163. The van der Waals surface area contributed by atoms with Gasteiger partial charge in [-0.3, -0.25) is 4.79 Å². The van der Waals surface area contributed by atoms with Gasteiger partial charge in [0.15, 0.2) is 5.76 Å². The van der Waals surface area contributed by atoms with Crippen molar-refractivity contribution in [1.29, 1.82) is 0 Å². The zero-order chi connectivity index (χ0) is 22.9. The molecule has 2 aliphatic rings. The number of aromatic nitrogens is 3. The fraction of sp³-hybridized carbons (Fsp3) is 0.400. The molecule has 1 aliphatic heterocycles. The number of likely N-dealkylation sites (tertiary alicyclic amines) is 1. The van der Waals surface area contributed by atoms with E-state index in [1.165, 1.54) is 0 Å². The Morgan fingerprint density at radius 2 is 2.06 bits per heavy atom. The SMILES string of the molecule is C[C@H](O)c1nccn1Cc1cc(-c2ccc(C#CC3C4CN(C(=O)CCN)CC34)cc2)on1. The van der Waals surface area contributed by atoms with Crippen LogP contribution >= 0.6 is 0 Å². The normalized spacial score (nSPS) is 21.9. The number of benzene rings is 1. The molecular weight excluding hydrogens is 418 g/mol. The van der Waals surface area contributed by atoms with Crippen molar-refractivity contribution in [2.24, 2.45) is 23.5 Å². The highest BCUT2D eigenvalue weighted by molar-refractivity contribution is 5.77. The van der Waals surface area contributed by atoms with Gasteiger partial charge < -0.3 is 24.8 Å². The van der Waals surface area contributed by atoms with Gasteiger partial charge in [-0.2, -0.15) is 0 Å². The summed E-state index contributed by atoms with van der Waals surface area (Å²) in [5.41, 5.74) is 8.13. The van der Waals surface area contributed by atoms with E-state index in [1.54, 1.807) is 13.1 Å². The molecule has 8 nitrogen and oxygen atoms in total. The topological polar surface area (TPSA) is 110 Å². The number of piperidine rings is 1. The molecule has 33 heavy (non-hydrogen) atoms. The molecule has 3 heterocycles. The third kappa shape index (κ3) is 4.42. The second-order valence-electron chi connectivity index (χ2n) is 8.81. The van der Waals surface area contributed by atoms with Crippen LogP contribution in [0.1, 0.15) is 36.5 Å². The summed E-state index contributed by atoms with van der Waals surface area (Å²) in [5, 5.41) is 14.0. The highest BCUT2D eigenvalue weighted by Crippen LogP contribution is 2.51. The lowest BCUT2D eigenvalue weighted by atomic mass is 10.1. The summed E-state index contributed by atoms with van der Waals surface area (Å²) in [7, 11) is 0. The Labute approximate surface area is 192 Å². The minimum Gasteiger partial charge on any atom is -0.385 e. The van der Waals surface area contributed by atoms with Gasteiger partial charge in [0.1, 0.15) is 17.6 Å². The average molecular weight is 446 g/mol. The number of nitrogens with zero attached hydrogens (tertiary/aromatic N) is 4. The zero-order valence-corrected chi connectivity index (χ0v) is 18.5. The molecule has 3 atom stereocenters. The highest BCUT2D eigenvalue weighted by atomic mass is 16.5. The number of carbonyl (C=O) groups excluding carboxylic acids is 1. The van der Waals surface area contributed by atoms with Crippen LogP contribution < -0.4 is 5.73 Å². The first kappa shape index (κ1) is 21.4. The summed E-state index contributed by atoms with van der Waals surface area (Å²) in [5.74, 6) is 9.52. The van der Waals surface area contributed by atoms with Crippen molar-refractivity contribution in [1.82, 2.24) is 19.6 Å². The van der Waals surface area contributed by atoms with Crippen molar-refractivity contribution >= 4 is 5.91 Å². The first-order chi connectivity index (χ1) is 16.0. The molecule has 3 N–H and O–H groups in total. The standard InChI is InChI=1S/C25H27N5O3/c1-16(31)25-27-10-11-29(25)13-19-12-23(33-28-19)18-5-2-17(3-6-18)4-7-20-21-14-30(15-22(20)21)24(32)8-9-26/h2-3,5-6,10-12,16,20-22,31H,8-9,13-15,26H2,1H3/t16-,20?,21?,22?/m0/s1. The molecule has 0 bridgehead atoms. The average Bonchev–Trinajstić information content (AvgIpc) is 3.30. The van der Waals surface area contributed by atoms with E-state index in [2.05, 4.69) is 22.0 Å². The van der Waals surface area contributed by atoms with Crippen LogP contribution in [0.5, 0.6) is 0 Å². The summed E-state index contributed by atoms with van der Waals surface area (Å²) in [6, 6.07) is 9.83. The maximum atomic E-state index is 12.0. The van der Waals surface area contributed by atoms with Crippen LogP contribution in [0.25, 0.3) is 11.3 Å². The zero-order valence-electron chi connectivity index (χ0n) is 18.5. The van der Waals surface area contributed by atoms with Gasteiger partial charge in [-0.1, -0.05) is 17.0 Å². The maximum absolute atomic E-state index is 12.0. The number of amides is 1. The molecule has 8 heteroatoms.